The number of rotatable bonds is 5. The molecule has 0 amide bonds. The average molecular weight is 303 g/mol. The summed E-state index contributed by atoms with van der Waals surface area (Å²) in [6, 6.07) is 8.07. The van der Waals surface area contributed by atoms with Crippen LogP contribution in [-0.4, -0.2) is 6.54 Å². The Morgan fingerprint density at radius 3 is 2.86 bits per heavy atom. The summed E-state index contributed by atoms with van der Waals surface area (Å²) in [4.78, 5) is 2.86. The summed E-state index contributed by atoms with van der Waals surface area (Å²) in [5.74, 6) is -0.111. The number of aryl methyl sites for hydroxylation is 3. The van der Waals surface area contributed by atoms with Crippen molar-refractivity contribution in [1.82, 2.24) is 5.32 Å². The third-order valence-corrected chi connectivity index (χ3v) is 5.48. The van der Waals surface area contributed by atoms with Crippen LogP contribution in [0.1, 0.15) is 52.3 Å². The zero-order valence-electron chi connectivity index (χ0n) is 12.7. The van der Waals surface area contributed by atoms with Gasteiger partial charge in [0.15, 0.2) is 0 Å². The van der Waals surface area contributed by atoms with Gasteiger partial charge in [-0.05, 0) is 68.0 Å². The van der Waals surface area contributed by atoms with Gasteiger partial charge >= 0.3 is 0 Å². The normalized spacial score (nSPS) is 15.2. The summed E-state index contributed by atoms with van der Waals surface area (Å²) in [5, 5.41) is 3.58. The molecule has 112 valence electrons. The Bertz CT molecular complexity index is 611. The lowest BCUT2D eigenvalue weighted by Gasteiger charge is -2.18. The van der Waals surface area contributed by atoms with E-state index < -0.39 is 0 Å². The van der Waals surface area contributed by atoms with Crippen molar-refractivity contribution < 1.29 is 4.39 Å². The van der Waals surface area contributed by atoms with Gasteiger partial charge in [-0.1, -0.05) is 19.1 Å². The van der Waals surface area contributed by atoms with Gasteiger partial charge in [0.05, 0.1) is 6.04 Å². The topological polar surface area (TPSA) is 12.0 Å². The van der Waals surface area contributed by atoms with E-state index in [-0.39, 0.29) is 11.9 Å². The van der Waals surface area contributed by atoms with Crippen LogP contribution in [0.4, 0.5) is 4.39 Å². The number of thiophene rings is 1. The Balaban J connectivity index is 1.94. The summed E-state index contributed by atoms with van der Waals surface area (Å²) in [7, 11) is 0. The standard InChI is InChI=1S/C18H22FNS/c1-3-9-20-18(14-8-7-12(2)15(19)10-14)17-11-13-5-4-6-16(13)21-17/h7-8,10-11,18,20H,3-6,9H2,1-2H3. The molecule has 1 atom stereocenters. The molecule has 1 aromatic carbocycles. The minimum absolute atomic E-state index is 0.111. The van der Waals surface area contributed by atoms with Crippen molar-refractivity contribution in [3.63, 3.8) is 0 Å². The molecular formula is C18H22FNS. The van der Waals surface area contributed by atoms with Crippen molar-refractivity contribution >= 4 is 11.3 Å². The second-order valence-corrected chi connectivity index (χ2v) is 7.01. The summed E-state index contributed by atoms with van der Waals surface area (Å²) in [6.07, 6.45) is 4.78. The molecule has 1 N–H and O–H groups in total. The van der Waals surface area contributed by atoms with Crippen LogP contribution in [0.3, 0.4) is 0 Å². The van der Waals surface area contributed by atoms with Gasteiger partial charge in [-0.3, -0.25) is 0 Å². The van der Waals surface area contributed by atoms with Crippen molar-refractivity contribution in [3.05, 3.63) is 56.5 Å². The highest BCUT2D eigenvalue weighted by atomic mass is 32.1. The lowest BCUT2D eigenvalue weighted by atomic mass is 10.0. The van der Waals surface area contributed by atoms with Crippen LogP contribution < -0.4 is 5.32 Å². The van der Waals surface area contributed by atoms with Gasteiger partial charge < -0.3 is 5.32 Å². The molecule has 3 rings (SSSR count). The first-order valence-electron chi connectivity index (χ1n) is 7.80. The largest absolute Gasteiger partial charge is 0.306 e. The Morgan fingerprint density at radius 2 is 2.14 bits per heavy atom. The molecular weight excluding hydrogens is 281 g/mol. The van der Waals surface area contributed by atoms with Crippen molar-refractivity contribution in [2.75, 3.05) is 6.54 Å². The Kier molecular flexibility index (Phi) is 4.41. The van der Waals surface area contributed by atoms with E-state index >= 15 is 0 Å². The van der Waals surface area contributed by atoms with Gasteiger partial charge in [0.25, 0.3) is 0 Å². The van der Waals surface area contributed by atoms with E-state index in [0.29, 0.717) is 5.56 Å². The van der Waals surface area contributed by atoms with Crippen LogP contribution in [0.15, 0.2) is 24.3 Å². The fourth-order valence-electron chi connectivity index (χ4n) is 2.95. The molecule has 1 unspecified atom stereocenters. The molecule has 21 heavy (non-hydrogen) atoms. The highest BCUT2D eigenvalue weighted by Gasteiger charge is 2.21. The predicted molar refractivity (Wildman–Crippen MR) is 87.6 cm³/mol. The molecule has 1 aliphatic carbocycles. The first kappa shape index (κ1) is 14.7. The van der Waals surface area contributed by atoms with Crippen LogP contribution in [0, 0.1) is 12.7 Å². The summed E-state index contributed by atoms with van der Waals surface area (Å²) in [5.41, 5.74) is 3.25. The summed E-state index contributed by atoms with van der Waals surface area (Å²) >= 11 is 1.90. The van der Waals surface area contributed by atoms with Gasteiger partial charge in [-0.2, -0.15) is 0 Å². The Hall–Kier alpha value is -1.19. The maximum absolute atomic E-state index is 13.9. The molecule has 2 aromatic rings. The zero-order chi connectivity index (χ0) is 14.8. The molecule has 0 bridgehead atoms. The molecule has 3 heteroatoms. The molecule has 0 spiro atoms. The van der Waals surface area contributed by atoms with Crippen molar-refractivity contribution in [2.24, 2.45) is 0 Å². The molecule has 1 nitrogen and oxygen atoms in total. The van der Waals surface area contributed by atoms with E-state index in [1.54, 1.807) is 6.07 Å². The third-order valence-electron chi connectivity index (χ3n) is 4.18. The van der Waals surface area contributed by atoms with E-state index in [1.807, 2.05) is 24.3 Å². The Morgan fingerprint density at radius 1 is 1.29 bits per heavy atom. The monoisotopic (exact) mass is 303 g/mol. The third kappa shape index (κ3) is 3.04. The molecule has 0 radical (unpaired) electrons. The van der Waals surface area contributed by atoms with Gasteiger partial charge in [0.1, 0.15) is 5.82 Å². The molecule has 0 fully saturated rings. The van der Waals surface area contributed by atoms with Crippen LogP contribution in [-0.2, 0) is 12.8 Å². The molecule has 0 saturated heterocycles. The highest BCUT2D eigenvalue weighted by molar-refractivity contribution is 7.12. The van der Waals surface area contributed by atoms with Gasteiger partial charge in [0, 0.05) is 9.75 Å². The van der Waals surface area contributed by atoms with E-state index in [4.69, 9.17) is 0 Å². The average Bonchev–Trinajstić information content (AvgIpc) is 3.04. The molecule has 1 aromatic heterocycles. The fourth-order valence-corrected chi connectivity index (χ4v) is 4.32. The maximum Gasteiger partial charge on any atom is 0.126 e. The number of nitrogens with one attached hydrogen (secondary N) is 1. The van der Waals surface area contributed by atoms with Crippen molar-refractivity contribution in [2.45, 2.75) is 45.6 Å². The van der Waals surface area contributed by atoms with Gasteiger partial charge in [-0.25, -0.2) is 4.39 Å². The highest BCUT2D eigenvalue weighted by Crippen LogP contribution is 2.36. The van der Waals surface area contributed by atoms with Crippen LogP contribution in [0.5, 0.6) is 0 Å². The molecule has 0 aliphatic heterocycles. The van der Waals surface area contributed by atoms with E-state index in [2.05, 4.69) is 24.4 Å². The number of fused-ring (bicyclic) bond motifs is 1. The van der Waals surface area contributed by atoms with Gasteiger partial charge in [0.2, 0.25) is 0 Å². The van der Waals surface area contributed by atoms with E-state index in [0.717, 1.165) is 18.5 Å². The number of hydrogen-bond donors (Lipinski definition) is 1. The second kappa shape index (κ2) is 6.29. The zero-order valence-corrected chi connectivity index (χ0v) is 13.5. The van der Waals surface area contributed by atoms with E-state index in [1.165, 1.54) is 34.6 Å². The summed E-state index contributed by atoms with van der Waals surface area (Å²) < 4.78 is 13.9. The SMILES string of the molecule is CCCNC(c1ccc(C)c(F)c1)c1cc2c(s1)CCC2. The van der Waals surface area contributed by atoms with Crippen LogP contribution >= 0.6 is 11.3 Å². The first-order chi connectivity index (χ1) is 10.2. The maximum atomic E-state index is 13.9. The lowest BCUT2D eigenvalue weighted by Crippen LogP contribution is -2.22. The number of hydrogen-bond acceptors (Lipinski definition) is 2. The second-order valence-electron chi connectivity index (χ2n) is 5.85. The predicted octanol–water partition coefficient (Wildman–Crippen LogP) is 4.77. The Labute approximate surface area is 130 Å². The van der Waals surface area contributed by atoms with E-state index in [9.17, 15) is 4.39 Å². The first-order valence-corrected chi connectivity index (χ1v) is 8.61. The van der Waals surface area contributed by atoms with Crippen molar-refractivity contribution in [3.8, 4) is 0 Å². The fraction of sp³-hybridized carbons (Fsp3) is 0.444. The van der Waals surface area contributed by atoms with Crippen molar-refractivity contribution in [1.29, 1.82) is 0 Å². The van der Waals surface area contributed by atoms with Gasteiger partial charge in [-0.15, -0.1) is 11.3 Å². The van der Waals surface area contributed by atoms with Crippen LogP contribution in [0.25, 0.3) is 0 Å². The van der Waals surface area contributed by atoms with Crippen LogP contribution in [0.2, 0.25) is 0 Å². The number of halogens is 1. The molecule has 0 saturated carbocycles. The minimum Gasteiger partial charge on any atom is -0.306 e. The summed E-state index contributed by atoms with van der Waals surface area (Å²) in [6.45, 7) is 4.92. The smallest absolute Gasteiger partial charge is 0.126 e. The number of benzene rings is 1. The molecule has 1 heterocycles. The minimum atomic E-state index is -0.111. The lowest BCUT2D eigenvalue weighted by molar-refractivity contribution is 0.587. The molecule has 1 aliphatic rings. The quantitative estimate of drug-likeness (QED) is 0.838.